The van der Waals surface area contributed by atoms with Gasteiger partial charge in [-0.25, -0.2) is 4.98 Å². The molecule has 0 saturated heterocycles. The molecule has 1 aliphatic carbocycles. The van der Waals surface area contributed by atoms with Gasteiger partial charge in [0.15, 0.2) is 0 Å². The van der Waals surface area contributed by atoms with E-state index in [1.165, 1.54) is 12.0 Å². The van der Waals surface area contributed by atoms with Crippen LogP contribution in [-0.4, -0.2) is 15.5 Å². The van der Waals surface area contributed by atoms with Crippen molar-refractivity contribution in [2.45, 2.75) is 45.6 Å². The third-order valence-electron chi connectivity index (χ3n) is 3.64. The van der Waals surface area contributed by atoms with Crippen LogP contribution >= 0.6 is 0 Å². The standard InChI is InChI=1S/C15H23N3O/c1-11(2)14(15-16-8-9-18(15)3)17-13(19)10-12-6-4-5-7-12/h6,8-9,11,14H,4-5,7,10H2,1-3H3,(H,17,19)/t14-/m1/s1. The van der Waals surface area contributed by atoms with Crippen molar-refractivity contribution in [3.8, 4) is 0 Å². The average Bonchev–Trinajstić information content (AvgIpc) is 2.97. The van der Waals surface area contributed by atoms with Crippen molar-refractivity contribution in [1.82, 2.24) is 14.9 Å². The van der Waals surface area contributed by atoms with Crippen molar-refractivity contribution in [1.29, 1.82) is 0 Å². The van der Waals surface area contributed by atoms with Crippen LogP contribution in [0.3, 0.4) is 0 Å². The van der Waals surface area contributed by atoms with Gasteiger partial charge in [0.25, 0.3) is 0 Å². The summed E-state index contributed by atoms with van der Waals surface area (Å²) in [4.78, 5) is 16.5. The highest BCUT2D eigenvalue weighted by molar-refractivity contribution is 5.79. The maximum Gasteiger partial charge on any atom is 0.224 e. The predicted molar refractivity (Wildman–Crippen MR) is 75.5 cm³/mol. The Morgan fingerprint density at radius 3 is 2.84 bits per heavy atom. The molecule has 1 amide bonds. The Kier molecular flexibility index (Phi) is 4.40. The molecule has 0 unspecified atom stereocenters. The van der Waals surface area contributed by atoms with Gasteiger partial charge in [-0.2, -0.15) is 0 Å². The molecule has 0 aromatic carbocycles. The van der Waals surface area contributed by atoms with Crippen molar-refractivity contribution < 1.29 is 4.79 Å². The summed E-state index contributed by atoms with van der Waals surface area (Å²) in [7, 11) is 1.96. The molecule has 1 aromatic heterocycles. The lowest BCUT2D eigenvalue weighted by Gasteiger charge is -2.22. The van der Waals surface area contributed by atoms with Gasteiger partial charge in [0, 0.05) is 25.9 Å². The van der Waals surface area contributed by atoms with E-state index in [1.54, 1.807) is 6.20 Å². The largest absolute Gasteiger partial charge is 0.346 e. The maximum absolute atomic E-state index is 12.1. The molecule has 0 radical (unpaired) electrons. The molecule has 1 atom stereocenters. The SMILES string of the molecule is CC(C)[C@@H](NC(=O)CC1=CCCC1)c1nccn1C. The Morgan fingerprint density at radius 2 is 2.32 bits per heavy atom. The molecular formula is C15H23N3O. The van der Waals surface area contributed by atoms with Crippen molar-refractivity contribution in [3.05, 3.63) is 29.9 Å². The average molecular weight is 261 g/mol. The van der Waals surface area contributed by atoms with E-state index >= 15 is 0 Å². The van der Waals surface area contributed by atoms with E-state index in [2.05, 4.69) is 30.2 Å². The fourth-order valence-corrected chi connectivity index (χ4v) is 2.53. The molecule has 104 valence electrons. The topological polar surface area (TPSA) is 46.9 Å². The maximum atomic E-state index is 12.1. The molecule has 4 heteroatoms. The first kappa shape index (κ1) is 13.8. The second kappa shape index (κ2) is 6.04. The van der Waals surface area contributed by atoms with Crippen LogP contribution in [0.15, 0.2) is 24.0 Å². The molecule has 2 rings (SSSR count). The highest BCUT2D eigenvalue weighted by Gasteiger charge is 2.22. The molecule has 1 N–H and O–H groups in total. The van der Waals surface area contributed by atoms with Crippen LogP contribution in [0.1, 0.15) is 51.4 Å². The monoisotopic (exact) mass is 261 g/mol. The molecule has 19 heavy (non-hydrogen) atoms. The molecular weight excluding hydrogens is 238 g/mol. The lowest BCUT2D eigenvalue weighted by molar-refractivity contribution is -0.121. The van der Waals surface area contributed by atoms with Gasteiger partial charge in [0.1, 0.15) is 5.82 Å². The second-order valence-corrected chi connectivity index (χ2v) is 5.62. The summed E-state index contributed by atoms with van der Waals surface area (Å²) >= 11 is 0. The number of nitrogens with one attached hydrogen (secondary N) is 1. The Labute approximate surface area is 114 Å². The van der Waals surface area contributed by atoms with Crippen molar-refractivity contribution in [2.75, 3.05) is 0 Å². The van der Waals surface area contributed by atoms with Gasteiger partial charge in [0.05, 0.1) is 6.04 Å². The zero-order chi connectivity index (χ0) is 13.8. The Balaban J connectivity index is 2.01. The summed E-state index contributed by atoms with van der Waals surface area (Å²) < 4.78 is 1.97. The molecule has 0 bridgehead atoms. The van der Waals surface area contributed by atoms with Gasteiger partial charge in [0.2, 0.25) is 5.91 Å². The van der Waals surface area contributed by atoms with Crippen molar-refractivity contribution >= 4 is 5.91 Å². The van der Waals surface area contributed by atoms with Crippen LogP contribution in [0, 0.1) is 5.92 Å². The van der Waals surface area contributed by atoms with E-state index in [1.807, 2.05) is 17.8 Å². The van der Waals surface area contributed by atoms with Crippen LogP contribution in [0.2, 0.25) is 0 Å². The minimum atomic E-state index is -0.0190. The summed E-state index contributed by atoms with van der Waals surface area (Å²) in [5, 5.41) is 3.12. The number of hydrogen-bond acceptors (Lipinski definition) is 2. The Morgan fingerprint density at radius 1 is 1.53 bits per heavy atom. The number of rotatable bonds is 5. The Bertz CT molecular complexity index is 473. The minimum Gasteiger partial charge on any atom is -0.346 e. The lowest BCUT2D eigenvalue weighted by Crippen LogP contribution is -2.33. The number of aromatic nitrogens is 2. The van der Waals surface area contributed by atoms with Gasteiger partial charge in [-0.3, -0.25) is 4.79 Å². The smallest absolute Gasteiger partial charge is 0.224 e. The number of carbonyl (C=O) groups is 1. The second-order valence-electron chi connectivity index (χ2n) is 5.62. The molecule has 1 aliphatic rings. The first-order valence-corrected chi connectivity index (χ1v) is 7.02. The third-order valence-corrected chi connectivity index (χ3v) is 3.64. The zero-order valence-electron chi connectivity index (χ0n) is 12.0. The summed E-state index contributed by atoms with van der Waals surface area (Å²) in [6, 6.07) is -0.0190. The molecule has 0 aliphatic heterocycles. The van der Waals surface area contributed by atoms with E-state index in [4.69, 9.17) is 0 Å². The van der Waals surface area contributed by atoms with Crippen LogP contribution in [0.5, 0.6) is 0 Å². The predicted octanol–water partition coefficient (Wildman–Crippen LogP) is 2.73. The van der Waals surface area contributed by atoms with E-state index in [-0.39, 0.29) is 11.9 Å². The van der Waals surface area contributed by atoms with Gasteiger partial charge >= 0.3 is 0 Å². The van der Waals surface area contributed by atoms with Gasteiger partial charge in [-0.1, -0.05) is 25.5 Å². The van der Waals surface area contributed by atoms with Gasteiger partial charge in [-0.15, -0.1) is 0 Å². The van der Waals surface area contributed by atoms with E-state index in [9.17, 15) is 4.79 Å². The normalized spacial score (nSPS) is 16.5. The van der Waals surface area contributed by atoms with E-state index < -0.39 is 0 Å². The number of nitrogens with zero attached hydrogens (tertiary/aromatic N) is 2. The number of allylic oxidation sites excluding steroid dienone is 1. The van der Waals surface area contributed by atoms with E-state index in [0.29, 0.717) is 12.3 Å². The van der Waals surface area contributed by atoms with E-state index in [0.717, 1.165) is 18.7 Å². The molecule has 4 nitrogen and oxygen atoms in total. The first-order valence-electron chi connectivity index (χ1n) is 7.02. The van der Waals surface area contributed by atoms with Crippen LogP contribution < -0.4 is 5.32 Å². The quantitative estimate of drug-likeness (QED) is 0.828. The fraction of sp³-hybridized carbons (Fsp3) is 0.600. The number of carbonyl (C=O) groups excluding carboxylic acids is 1. The summed E-state index contributed by atoms with van der Waals surface area (Å²) in [6.45, 7) is 4.21. The molecule has 0 spiro atoms. The Hall–Kier alpha value is -1.58. The van der Waals surface area contributed by atoms with Gasteiger partial charge < -0.3 is 9.88 Å². The number of aryl methyl sites for hydroxylation is 1. The zero-order valence-corrected chi connectivity index (χ0v) is 12.0. The molecule has 1 aromatic rings. The lowest BCUT2D eigenvalue weighted by atomic mass is 10.0. The molecule has 0 fully saturated rings. The molecule has 0 saturated carbocycles. The summed E-state index contributed by atoms with van der Waals surface area (Å²) in [5.74, 6) is 1.35. The summed E-state index contributed by atoms with van der Waals surface area (Å²) in [6.07, 6.45) is 9.80. The summed E-state index contributed by atoms with van der Waals surface area (Å²) in [5.41, 5.74) is 1.28. The number of amides is 1. The van der Waals surface area contributed by atoms with Crippen LogP contribution in [0.25, 0.3) is 0 Å². The minimum absolute atomic E-state index is 0.0190. The van der Waals surface area contributed by atoms with Crippen molar-refractivity contribution in [3.63, 3.8) is 0 Å². The number of imidazole rings is 1. The van der Waals surface area contributed by atoms with Crippen molar-refractivity contribution in [2.24, 2.45) is 13.0 Å². The number of hydrogen-bond donors (Lipinski definition) is 1. The molecule has 1 heterocycles. The third kappa shape index (κ3) is 3.46. The van der Waals surface area contributed by atoms with Gasteiger partial charge in [-0.05, 0) is 25.2 Å². The highest BCUT2D eigenvalue weighted by atomic mass is 16.1. The highest BCUT2D eigenvalue weighted by Crippen LogP contribution is 2.23. The van der Waals surface area contributed by atoms with Crippen LogP contribution in [0.4, 0.5) is 0 Å². The van der Waals surface area contributed by atoms with Crippen LogP contribution in [-0.2, 0) is 11.8 Å². The fourth-order valence-electron chi connectivity index (χ4n) is 2.53. The first-order chi connectivity index (χ1) is 9.08.